The molecule has 0 saturated heterocycles. The second-order valence-corrected chi connectivity index (χ2v) is 4.41. The largest absolute Gasteiger partial charge is 0.457 e. The molecule has 0 radical (unpaired) electrons. The number of benzene rings is 2. The fourth-order valence-corrected chi connectivity index (χ4v) is 1.81. The third kappa shape index (κ3) is 3.11. The Morgan fingerprint density at radius 1 is 1.06 bits per heavy atom. The fourth-order valence-electron chi connectivity index (χ4n) is 1.81. The van der Waals surface area contributed by atoms with Gasteiger partial charge >= 0.3 is 0 Å². The van der Waals surface area contributed by atoms with Crippen LogP contribution in [0.2, 0.25) is 0 Å². The zero-order chi connectivity index (χ0) is 13.0. The van der Waals surface area contributed by atoms with Crippen LogP contribution < -0.4 is 4.74 Å². The molecule has 0 heterocycles. The van der Waals surface area contributed by atoms with Gasteiger partial charge in [0.15, 0.2) is 0 Å². The van der Waals surface area contributed by atoms with Gasteiger partial charge in [0, 0.05) is 0 Å². The summed E-state index contributed by atoms with van der Waals surface area (Å²) < 4.78 is 5.75. The molecule has 0 spiro atoms. The van der Waals surface area contributed by atoms with Crippen LogP contribution >= 0.6 is 0 Å². The molecule has 0 aliphatic carbocycles. The van der Waals surface area contributed by atoms with E-state index in [1.807, 2.05) is 62.4 Å². The van der Waals surface area contributed by atoms with Crippen molar-refractivity contribution < 1.29 is 9.84 Å². The highest BCUT2D eigenvalue weighted by Gasteiger charge is 2.04. The summed E-state index contributed by atoms with van der Waals surface area (Å²) in [4.78, 5) is 0. The molecule has 0 amide bonds. The zero-order valence-corrected chi connectivity index (χ0v) is 10.8. The summed E-state index contributed by atoms with van der Waals surface area (Å²) in [6, 6.07) is 15.5. The quantitative estimate of drug-likeness (QED) is 0.869. The van der Waals surface area contributed by atoms with Crippen molar-refractivity contribution >= 4 is 0 Å². The Morgan fingerprint density at radius 3 is 2.39 bits per heavy atom. The molecular weight excluding hydrogens is 224 g/mol. The highest BCUT2D eigenvalue weighted by molar-refractivity contribution is 5.35. The second-order valence-electron chi connectivity index (χ2n) is 4.41. The van der Waals surface area contributed by atoms with Gasteiger partial charge in [-0.05, 0) is 48.7 Å². The molecule has 1 N–H and O–H groups in total. The molecule has 94 valence electrons. The minimum absolute atomic E-state index is 0.391. The Kier molecular flexibility index (Phi) is 4.00. The molecule has 2 rings (SSSR count). The van der Waals surface area contributed by atoms with Crippen molar-refractivity contribution in [2.24, 2.45) is 0 Å². The van der Waals surface area contributed by atoms with Crippen molar-refractivity contribution in [2.75, 3.05) is 0 Å². The molecule has 0 aromatic heterocycles. The number of aliphatic hydroxyl groups excluding tert-OH is 1. The van der Waals surface area contributed by atoms with Gasteiger partial charge in [-0.1, -0.05) is 31.2 Å². The van der Waals surface area contributed by atoms with Crippen LogP contribution in [0.5, 0.6) is 11.5 Å². The van der Waals surface area contributed by atoms with Gasteiger partial charge in [-0.3, -0.25) is 0 Å². The summed E-state index contributed by atoms with van der Waals surface area (Å²) in [5, 5.41) is 9.71. The Bertz CT molecular complexity index is 503. The Hall–Kier alpha value is -1.80. The van der Waals surface area contributed by atoms with Crippen LogP contribution in [0.1, 0.15) is 30.6 Å². The highest BCUT2D eigenvalue weighted by Crippen LogP contribution is 2.24. The summed E-state index contributed by atoms with van der Waals surface area (Å²) >= 11 is 0. The Morgan fingerprint density at radius 2 is 1.78 bits per heavy atom. The van der Waals surface area contributed by atoms with E-state index in [1.165, 1.54) is 5.56 Å². The predicted molar refractivity (Wildman–Crippen MR) is 72.9 cm³/mol. The smallest absolute Gasteiger partial charge is 0.127 e. The molecule has 0 saturated carbocycles. The number of ether oxygens (including phenoxy) is 1. The molecule has 2 aromatic rings. The van der Waals surface area contributed by atoms with Gasteiger partial charge in [-0.15, -0.1) is 0 Å². The normalized spacial score (nSPS) is 12.2. The summed E-state index contributed by atoms with van der Waals surface area (Å²) in [6.45, 7) is 4.00. The van der Waals surface area contributed by atoms with Crippen LogP contribution in [0.3, 0.4) is 0 Å². The van der Waals surface area contributed by atoms with Crippen molar-refractivity contribution in [3.05, 3.63) is 59.7 Å². The molecule has 0 bridgehead atoms. The maximum absolute atomic E-state index is 9.71. The van der Waals surface area contributed by atoms with Crippen LogP contribution in [-0.4, -0.2) is 5.11 Å². The number of rotatable bonds is 4. The van der Waals surface area contributed by atoms with Crippen molar-refractivity contribution in [3.8, 4) is 11.5 Å². The SMILES string of the molecule is CCC(O)c1ccc(Oc2cccc(C)c2)cc1. The van der Waals surface area contributed by atoms with Crippen molar-refractivity contribution in [3.63, 3.8) is 0 Å². The molecule has 0 aliphatic heterocycles. The van der Waals surface area contributed by atoms with Crippen molar-refractivity contribution in [1.29, 1.82) is 0 Å². The van der Waals surface area contributed by atoms with Crippen LogP contribution in [0.15, 0.2) is 48.5 Å². The average molecular weight is 242 g/mol. The van der Waals surface area contributed by atoms with E-state index in [0.717, 1.165) is 23.5 Å². The summed E-state index contributed by atoms with van der Waals surface area (Å²) in [5.41, 5.74) is 2.10. The third-order valence-corrected chi connectivity index (χ3v) is 2.88. The van der Waals surface area contributed by atoms with Crippen LogP contribution in [0.25, 0.3) is 0 Å². The van der Waals surface area contributed by atoms with Gasteiger partial charge < -0.3 is 9.84 Å². The summed E-state index contributed by atoms with van der Waals surface area (Å²) in [6.07, 6.45) is 0.330. The van der Waals surface area contributed by atoms with Gasteiger partial charge in [-0.2, -0.15) is 0 Å². The third-order valence-electron chi connectivity index (χ3n) is 2.88. The minimum atomic E-state index is -0.391. The first kappa shape index (κ1) is 12.7. The number of hydrogen-bond donors (Lipinski definition) is 1. The molecule has 0 aliphatic rings. The first-order chi connectivity index (χ1) is 8.69. The van der Waals surface area contributed by atoms with E-state index < -0.39 is 6.10 Å². The second kappa shape index (κ2) is 5.69. The van der Waals surface area contributed by atoms with Crippen LogP contribution in [0.4, 0.5) is 0 Å². The first-order valence-corrected chi connectivity index (χ1v) is 6.21. The molecule has 0 fully saturated rings. The van der Waals surface area contributed by atoms with Crippen molar-refractivity contribution in [2.45, 2.75) is 26.4 Å². The lowest BCUT2D eigenvalue weighted by molar-refractivity contribution is 0.173. The maximum Gasteiger partial charge on any atom is 0.127 e. The topological polar surface area (TPSA) is 29.5 Å². The standard InChI is InChI=1S/C16H18O2/c1-3-16(17)13-7-9-14(10-8-13)18-15-6-4-5-12(2)11-15/h4-11,16-17H,3H2,1-2H3. The van der Waals surface area contributed by atoms with Gasteiger partial charge in [0.25, 0.3) is 0 Å². The number of aryl methyl sites for hydroxylation is 1. The van der Waals surface area contributed by atoms with Crippen LogP contribution in [0, 0.1) is 6.92 Å². The molecule has 1 unspecified atom stereocenters. The zero-order valence-electron chi connectivity index (χ0n) is 10.8. The first-order valence-electron chi connectivity index (χ1n) is 6.21. The molecular formula is C16H18O2. The Balaban J connectivity index is 2.11. The van der Waals surface area contributed by atoms with Crippen molar-refractivity contribution in [1.82, 2.24) is 0 Å². The van der Waals surface area contributed by atoms with E-state index in [0.29, 0.717) is 0 Å². The number of aliphatic hydroxyl groups is 1. The molecule has 1 atom stereocenters. The van der Waals surface area contributed by atoms with E-state index in [-0.39, 0.29) is 0 Å². The lowest BCUT2D eigenvalue weighted by Gasteiger charge is -2.10. The lowest BCUT2D eigenvalue weighted by Crippen LogP contribution is -1.94. The maximum atomic E-state index is 9.71. The molecule has 18 heavy (non-hydrogen) atoms. The van der Waals surface area contributed by atoms with E-state index in [9.17, 15) is 5.11 Å². The molecule has 2 aromatic carbocycles. The number of hydrogen-bond acceptors (Lipinski definition) is 2. The van der Waals surface area contributed by atoms with E-state index in [1.54, 1.807) is 0 Å². The predicted octanol–water partition coefficient (Wildman–Crippen LogP) is 4.23. The van der Waals surface area contributed by atoms with Gasteiger partial charge in [0.2, 0.25) is 0 Å². The summed E-state index contributed by atoms with van der Waals surface area (Å²) in [5.74, 6) is 1.62. The fraction of sp³-hybridized carbons (Fsp3) is 0.250. The van der Waals surface area contributed by atoms with Gasteiger partial charge in [0.1, 0.15) is 11.5 Å². The van der Waals surface area contributed by atoms with Gasteiger partial charge in [0.05, 0.1) is 6.10 Å². The average Bonchev–Trinajstić information content (AvgIpc) is 2.39. The Labute approximate surface area is 108 Å². The highest BCUT2D eigenvalue weighted by atomic mass is 16.5. The van der Waals surface area contributed by atoms with Gasteiger partial charge in [-0.25, -0.2) is 0 Å². The molecule has 2 nitrogen and oxygen atoms in total. The van der Waals surface area contributed by atoms with E-state index >= 15 is 0 Å². The minimum Gasteiger partial charge on any atom is -0.457 e. The molecule has 2 heteroatoms. The van der Waals surface area contributed by atoms with Crippen LogP contribution in [-0.2, 0) is 0 Å². The lowest BCUT2D eigenvalue weighted by atomic mass is 10.1. The van der Waals surface area contributed by atoms with E-state index in [4.69, 9.17) is 4.74 Å². The van der Waals surface area contributed by atoms with E-state index in [2.05, 4.69) is 0 Å². The monoisotopic (exact) mass is 242 g/mol. The summed E-state index contributed by atoms with van der Waals surface area (Å²) in [7, 11) is 0.